The topological polar surface area (TPSA) is 76.1 Å². The average molecular weight is 204 g/mol. The molecule has 0 unspecified atom stereocenters. The Kier molecular flexibility index (Phi) is 3.83. The van der Waals surface area contributed by atoms with Gasteiger partial charge in [-0.1, -0.05) is 12.1 Å². The summed E-state index contributed by atoms with van der Waals surface area (Å²) >= 11 is 0. The fraction of sp³-hybridized carbons (Fsp3) is 0.273. The quantitative estimate of drug-likeness (QED) is 0.598. The summed E-state index contributed by atoms with van der Waals surface area (Å²) in [6.45, 7) is 1.34. The van der Waals surface area contributed by atoms with Gasteiger partial charge in [0, 0.05) is 13.0 Å². The molecule has 1 aromatic carbocycles. The molecule has 0 spiro atoms. The molecule has 0 saturated heterocycles. The summed E-state index contributed by atoms with van der Waals surface area (Å²) in [6.07, 6.45) is 0.240. The van der Waals surface area contributed by atoms with E-state index >= 15 is 0 Å². The molecule has 0 aliphatic rings. The molecule has 0 aliphatic carbocycles. The first-order valence-corrected chi connectivity index (χ1v) is 4.54. The van der Waals surface area contributed by atoms with Gasteiger partial charge in [0.25, 0.3) is 0 Å². The van der Waals surface area contributed by atoms with Crippen LogP contribution >= 0.6 is 0 Å². The minimum Gasteiger partial charge on any atom is -0.427 e. The van der Waals surface area contributed by atoms with E-state index in [1.54, 1.807) is 24.3 Å². The Morgan fingerprint density at radius 2 is 2.40 bits per heavy atom. The van der Waals surface area contributed by atoms with Crippen LogP contribution in [-0.4, -0.2) is 5.97 Å². The van der Waals surface area contributed by atoms with Crippen molar-refractivity contribution in [1.82, 2.24) is 0 Å². The van der Waals surface area contributed by atoms with Crippen LogP contribution in [0.1, 0.15) is 24.9 Å². The largest absolute Gasteiger partial charge is 0.427 e. The van der Waals surface area contributed by atoms with Gasteiger partial charge in [-0.3, -0.25) is 4.79 Å². The molecule has 0 fully saturated rings. The smallest absolute Gasteiger partial charge is 0.308 e. The Morgan fingerprint density at radius 3 is 3.00 bits per heavy atom. The molecular formula is C11H12N2O2. The Labute approximate surface area is 88.3 Å². The fourth-order valence-corrected chi connectivity index (χ4v) is 1.19. The van der Waals surface area contributed by atoms with Crippen LogP contribution in [0.25, 0.3) is 0 Å². The molecule has 4 nitrogen and oxygen atoms in total. The van der Waals surface area contributed by atoms with Crippen molar-refractivity contribution < 1.29 is 9.53 Å². The van der Waals surface area contributed by atoms with Crippen molar-refractivity contribution in [3.05, 3.63) is 29.8 Å². The van der Waals surface area contributed by atoms with E-state index in [9.17, 15) is 4.79 Å². The standard InChI is InChI=1S/C11H12N2O2/c1-8(14)15-10-4-2-3-9(7-10)11(13)5-6-12/h2-4,7,11H,5,13H2,1H3/t11-/m0/s1. The van der Waals surface area contributed by atoms with Crippen molar-refractivity contribution in [2.75, 3.05) is 0 Å². The molecule has 1 aromatic rings. The molecule has 0 radical (unpaired) electrons. The van der Waals surface area contributed by atoms with Crippen molar-refractivity contribution in [2.45, 2.75) is 19.4 Å². The van der Waals surface area contributed by atoms with Gasteiger partial charge in [0.05, 0.1) is 12.5 Å². The molecule has 4 heteroatoms. The molecule has 1 atom stereocenters. The maximum absolute atomic E-state index is 10.7. The molecule has 1 rings (SSSR count). The zero-order chi connectivity index (χ0) is 11.3. The third kappa shape index (κ3) is 3.41. The Morgan fingerprint density at radius 1 is 1.67 bits per heavy atom. The van der Waals surface area contributed by atoms with Gasteiger partial charge in [0.2, 0.25) is 0 Å². The zero-order valence-corrected chi connectivity index (χ0v) is 8.43. The molecule has 0 amide bonds. The van der Waals surface area contributed by atoms with Crippen LogP contribution in [0.15, 0.2) is 24.3 Å². The molecule has 78 valence electrons. The van der Waals surface area contributed by atoms with Crippen LogP contribution in [0, 0.1) is 11.3 Å². The lowest BCUT2D eigenvalue weighted by atomic mass is 10.1. The summed E-state index contributed by atoms with van der Waals surface area (Å²) in [5.41, 5.74) is 6.53. The summed E-state index contributed by atoms with van der Waals surface area (Å²) in [7, 11) is 0. The van der Waals surface area contributed by atoms with Gasteiger partial charge < -0.3 is 10.5 Å². The molecule has 0 saturated carbocycles. The van der Waals surface area contributed by atoms with Gasteiger partial charge in [-0.05, 0) is 17.7 Å². The van der Waals surface area contributed by atoms with E-state index in [4.69, 9.17) is 15.7 Å². The number of nitrogens with two attached hydrogens (primary N) is 1. The Hall–Kier alpha value is -1.86. The second-order valence-electron chi connectivity index (χ2n) is 3.13. The van der Waals surface area contributed by atoms with Crippen LogP contribution < -0.4 is 10.5 Å². The molecular weight excluding hydrogens is 192 g/mol. The second kappa shape index (κ2) is 5.13. The van der Waals surface area contributed by atoms with Crippen molar-refractivity contribution >= 4 is 5.97 Å². The minimum atomic E-state index is -0.374. The second-order valence-corrected chi connectivity index (χ2v) is 3.13. The van der Waals surface area contributed by atoms with E-state index in [2.05, 4.69) is 0 Å². The van der Waals surface area contributed by atoms with Crippen LogP contribution in [-0.2, 0) is 4.79 Å². The first-order valence-electron chi connectivity index (χ1n) is 4.54. The number of hydrogen-bond donors (Lipinski definition) is 1. The van der Waals surface area contributed by atoms with Gasteiger partial charge in [-0.25, -0.2) is 0 Å². The highest BCUT2D eigenvalue weighted by Crippen LogP contribution is 2.19. The van der Waals surface area contributed by atoms with E-state index in [-0.39, 0.29) is 18.4 Å². The molecule has 15 heavy (non-hydrogen) atoms. The number of carbonyl (C=O) groups excluding carboxylic acids is 1. The van der Waals surface area contributed by atoms with Crippen molar-refractivity contribution in [3.63, 3.8) is 0 Å². The number of nitrogens with zero attached hydrogens (tertiary/aromatic N) is 1. The third-order valence-corrected chi connectivity index (χ3v) is 1.86. The Balaban J connectivity index is 2.83. The molecule has 0 bridgehead atoms. The van der Waals surface area contributed by atoms with E-state index in [1.807, 2.05) is 6.07 Å². The monoisotopic (exact) mass is 204 g/mol. The molecule has 0 aromatic heterocycles. The maximum atomic E-state index is 10.7. The minimum absolute atomic E-state index is 0.240. The predicted octanol–water partition coefficient (Wildman–Crippen LogP) is 1.53. The summed E-state index contributed by atoms with van der Waals surface area (Å²) in [5, 5.41) is 8.50. The lowest BCUT2D eigenvalue weighted by Gasteiger charge is -2.09. The molecule has 0 heterocycles. The van der Waals surface area contributed by atoms with Gasteiger partial charge in [-0.2, -0.15) is 5.26 Å². The predicted molar refractivity (Wildman–Crippen MR) is 54.9 cm³/mol. The zero-order valence-electron chi connectivity index (χ0n) is 8.43. The first-order chi connectivity index (χ1) is 7.13. The first kappa shape index (κ1) is 11.2. The lowest BCUT2D eigenvalue weighted by Crippen LogP contribution is -2.09. The van der Waals surface area contributed by atoms with Crippen LogP contribution in [0.3, 0.4) is 0 Å². The van der Waals surface area contributed by atoms with Crippen molar-refractivity contribution in [2.24, 2.45) is 5.73 Å². The highest BCUT2D eigenvalue weighted by Gasteiger charge is 2.06. The number of nitriles is 1. The molecule has 2 N–H and O–H groups in total. The summed E-state index contributed by atoms with van der Waals surface area (Å²) in [4.78, 5) is 10.7. The summed E-state index contributed by atoms with van der Waals surface area (Å²) in [5.74, 6) is 0.0781. The number of rotatable bonds is 3. The maximum Gasteiger partial charge on any atom is 0.308 e. The molecule has 0 aliphatic heterocycles. The number of hydrogen-bond acceptors (Lipinski definition) is 4. The normalized spacial score (nSPS) is 11.5. The number of benzene rings is 1. The number of esters is 1. The van der Waals surface area contributed by atoms with Gasteiger partial charge in [0.1, 0.15) is 5.75 Å². The van der Waals surface area contributed by atoms with Gasteiger partial charge >= 0.3 is 5.97 Å². The number of carbonyl (C=O) groups is 1. The van der Waals surface area contributed by atoms with E-state index < -0.39 is 0 Å². The van der Waals surface area contributed by atoms with E-state index in [1.165, 1.54) is 6.92 Å². The summed E-state index contributed by atoms with van der Waals surface area (Å²) < 4.78 is 4.91. The highest BCUT2D eigenvalue weighted by atomic mass is 16.5. The summed E-state index contributed by atoms with van der Waals surface area (Å²) in [6, 6.07) is 8.53. The van der Waals surface area contributed by atoms with Crippen molar-refractivity contribution in [3.8, 4) is 11.8 Å². The van der Waals surface area contributed by atoms with Crippen LogP contribution in [0.5, 0.6) is 5.75 Å². The highest BCUT2D eigenvalue weighted by molar-refractivity contribution is 5.69. The number of ether oxygens (including phenoxy) is 1. The van der Waals surface area contributed by atoms with Crippen LogP contribution in [0.4, 0.5) is 0 Å². The third-order valence-electron chi connectivity index (χ3n) is 1.86. The van der Waals surface area contributed by atoms with E-state index in [0.29, 0.717) is 5.75 Å². The average Bonchev–Trinajstić information content (AvgIpc) is 2.17. The lowest BCUT2D eigenvalue weighted by molar-refractivity contribution is -0.131. The van der Waals surface area contributed by atoms with Gasteiger partial charge in [0.15, 0.2) is 0 Å². The fourth-order valence-electron chi connectivity index (χ4n) is 1.19. The van der Waals surface area contributed by atoms with Gasteiger partial charge in [-0.15, -0.1) is 0 Å². The Bertz CT molecular complexity index is 396. The van der Waals surface area contributed by atoms with E-state index in [0.717, 1.165) is 5.56 Å². The van der Waals surface area contributed by atoms with Crippen molar-refractivity contribution in [1.29, 1.82) is 5.26 Å². The SMILES string of the molecule is CC(=O)Oc1cccc([C@@H](N)CC#N)c1. The van der Waals surface area contributed by atoms with Crippen LogP contribution in [0.2, 0.25) is 0 Å².